The Morgan fingerprint density at radius 2 is 2.50 bits per heavy atom. The Balaban J connectivity index is 1.82. The topological polar surface area (TPSA) is 52.8 Å². The molecule has 1 saturated heterocycles. The van der Waals surface area contributed by atoms with Gasteiger partial charge in [-0.25, -0.2) is 4.68 Å². The molecule has 1 aromatic rings. The van der Waals surface area contributed by atoms with Crippen molar-refractivity contribution in [1.29, 1.82) is 0 Å². The van der Waals surface area contributed by atoms with Crippen LogP contribution in [0.15, 0.2) is 5.16 Å². The summed E-state index contributed by atoms with van der Waals surface area (Å²) in [7, 11) is 1.85. The fraction of sp³-hybridized carbons (Fsp3) is 0.833. The van der Waals surface area contributed by atoms with Crippen LogP contribution < -0.4 is 0 Å². The van der Waals surface area contributed by atoms with Crippen molar-refractivity contribution >= 4 is 11.8 Å². The third-order valence-electron chi connectivity index (χ3n) is 1.74. The molecule has 12 heavy (non-hydrogen) atoms. The standard InChI is InChI=1S/C6H10N4OS/c1-10-6(7-8-9-10)12-4-5-2-11-3-5/h5H,2-4H2,1H3. The van der Waals surface area contributed by atoms with Crippen molar-refractivity contribution in [3.05, 3.63) is 0 Å². The van der Waals surface area contributed by atoms with Crippen molar-refractivity contribution in [1.82, 2.24) is 20.2 Å². The van der Waals surface area contributed by atoms with Gasteiger partial charge in [-0.05, 0) is 10.4 Å². The number of tetrazole rings is 1. The third-order valence-corrected chi connectivity index (χ3v) is 2.98. The van der Waals surface area contributed by atoms with E-state index in [1.54, 1.807) is 16.4 Å². The summed E-state index contributed by atoms with van der Waals surface area (Å²) in [5.41, 5.74) is 0. The van der Waals surface area contributed by atoms with Gasteiger partial charge in [-0.15, -0.1) is 5.10 Å². The summed E-state index contributed by atoms with van der Waals surface area (Å²) in [5, 5.41) is 12.0. The fourth-order valence-corrected chi connectivity index (χ4v) is 1.81. The molecule has 0 aliphatic carbocycles. The molecular formula is C6H10N4OS. The average molecular weight is 186 g/mol. The summed E-state index contributed by atoms with van der Waals surface area (Å²) in [6.45, 7) is 1.77. The van der Waals surface area contributed by atoms with Gasteiger partial charge in [-0.1, -0.05) is 11.8 Å². The lowest BCUT2D eigenvalue weighted by molar-refractivity contribution is -0.0196. The van der Waals surface area contributed by atoms with Crippen LogP contribution in [0, 0.1) is 5.92 Å². The molecule has 1 aromatic heterocycles. The van der Waals surface area contributed by atoms with Crippen LogP contribution in [0.5, 0.6) is 0 Å². The molecule has 0 saturated carbocycles. The highest BCUT2D eigenvalue weighted by Crippen LogP contribution is 2.21. The third kappa shape index (κ3) is 1.59. The number of rotatable bonds is 3. The van der Waals surface area contributed by atoms with E-state index in [1.807, 2.05) is 7.05 Å². The van der Waals surface area contributed by atoms with E-state index in [1.165, 1.54) is 0 Å². The molecule has 0 unspecified atom stereocenters. The van der Waals surface area contributed by atoms with E-state index in [0.717, 1.165) is 24.1 Å². The van der Waals surface area contributed by atoms with Crippen molar-refractivity contribution in [2.75, 3.05) is 19.0 Å². The number of ether oxygens (including phenoxy) is 1. The van der Waals surface area contributed by atoms with Crippen molar-refractivity contribution in [3.8, 4) is 0 Å². The van der Waals surface area contributed by atoms with Crippen molar-refractivity contribution in [2.45, 2.75) is 5.16 Å². The monoisotopic (exact) mass is 186 g/mol. The van der Waals surface area contributed by atoms with Gasteiger partial charge in [0.1, 0.15) is 0 Å². The molecule has 0 bridgehead atoms. The number of hydrogen-bond donors (Lipinski definition) is 0. The molecular weight excluding hydrogens is 176 g/mol. The van der Waals surface area contributed by atoms with E-state index in [-0.39, 0.29) is 0 Å². The summed E-state index contributed by atoms with van der Waals surface area (Å²) >= 11 is 1.68. The Kier molecular flexibility index (Phi) is 2.27. The Hall–Kier alpha value is -0.620. The molecule has 1 aliphatic rings. The van der Waals surface area contributed by atoms with Gasteiger partial charge in [0.05, 0.1) is 13.2 Å². The van der Waals surface area contributed by atoms with E-state index in [4.69, 9.17) is 4.74 Å². The number of nitrogens with zero attached hydrogens (tertiary/aromatic N) is 4. The maximum Gasteiger partial charge on any atom is 0.209 e. The average Bonchev–Trinajstić information content (AvgIpc) is 2.33. The molecule has 66 valence electrons. The fourth-order valence-electron chi connectivity index (χ4n) is 0.917. The Bertz CT molecular complexity index is 260. The zero-order valence-corrected chi connectivity index (χ0v) is 7.62. The molecule has 1 fully saturated rings. The number of aryl methyl sites for hydroxylation is 1. The van der Waals surface area contributed by atoms with E-state index in [9.17, 15) is 0 Å². The first-order valence-corrected chi connectivity index (χ1v) is 4.77. The predicted molar refractivity (Wildman–Crippen MR) is 43.8 cm³/mol. The van der Waals surface area contributed by atoms with Gasteiger partial charge < -0.3 is 4.74 Å². The van der Waals surface area contributed by atoms with Crippen LogP contribution in [0.2, 0.25) is 0 Å². The molecule has 0 atom stereocenters. The van der Waals surface area contributed by atoms with Crippen LogP contribution in [-0.2, 0) is 11.8 Å². The lowest BCUT2D eigenvalue weighted by Gasteiger charge is -2.24. The molecule has 0 N–H and O–H groups in total. The number of thioether (sulfide) groups is 1. The first kappa shape index (κ1) is 8.00. The van der Waals surface area contributed by atoms with Gasteiger partial charge in [0.2, 0.25) is 5.16 Å². The van der Waals surface area contributed by atoms with E-state index in [2.05, 4.69) is 15.5 Å². The van der Waals surface area contributed by atoms with Crippen molar-refractivity contribution < 1.29 is 4.74 Å². The predicted octanol–water partition coefficient (Wildman–Crippen LogP) is -0.0514. The first-order valence-electron chi connectivity index (χ1n) is 3.79. The SMILES string of the molecule is Cn1nnnc1SCC1COC1. The van der Waals surface area contributed by atoms with E-state index >= 15 is 0 Å². The van der Waals surface area contributed by atoms with Gasteiger partial charge in [0.25, 0.3) is 0 Å². The lowest BCUT2D eigenvalue weighted by Crippen LogP contribution is -2.29. The summed E-state index contributed by atoms with van der Waals surface area (Å²) in [5.74, 6) is 1.74. The number of hydrogen-bond acceptors (Lipinski definition) is 5. The molecule has 0 amide bonds. The Labute approximate surface area is 74.5 Å². The Morgan fingerprint density at radius 3 is 3.00 bits per heavy atom. The zero-order chi connectivity index (χ0) is 8.39. The van der Waals surface area contributed by atoms with Gasteiger partial charge in [0.15, 0.2) is 0 Å². The summed E-state index contributed by atoms with van der Waals surface area (Å²) in [4.78, 5) is 0. The molecule has 1 aliphatic heterocycles. The molecule has 0 radical (unpaired) electrons. The van der Waals surface area contributed by atoms with Crippen molar-refractivity contribution in [3.63, 3.8) is 0 Å². The molecule has 6 heteroatoms. The van der Waals surface area contributed by atoms with Gasteiger partial charge in [-0.2, -0.15) is 0 Å². The molecule has 0 aromatic carbocycles. The second-order valence-corrected chi connectivity index (χ2v) is 3.79. The smallest absolute Gasteiger partial charge is 0.209 e. The maximum atomic E-state index is 5.06. The van der Waals surface area contributed by atoms with Gasteiger partial charge in [0, 0.05) is 18.7 Å². The second-order valence-electron chi connectivity index (χ2n) is 2.80. The van der Waals surface area contributed by atoms with Crippen LogP contribution in [0.25, 0.3) is 0 Å². The van der Waals surface area contributed by atoms with E-state index < -0.39 is 0 Å². The van der Waals surface area contributed by atoms with Crippen LogP contribution in [0.1, 0.15) is 0 Å². The van der Waals surface area contributed by atoms with Crippen LogP contribution >= 0.6 is 11.8 Å². The highest BCUT2D eigenvalue weighted by atomic mass is 32.2. The second kappa shape index (κ2) is 3.40. The molecule has 5 nitrogen and oxygen atoms in total. The summed E-state index contributed by atoms with van der Waals surface area (Å²) < 4.78 is 6.75. The highest BCUT2D eigenvalue weighted by molar-refractivity contribution is 7.99. The van der Waals surface area contributed by atoms with Crippen LogP contribution in [0.3, 0.4) is 0 Å². The van der Waals surface area contributed by atoms with E-state index in [0.29, 0.717) is 5.92 Å². The minimum Gasteiger partial charge on any atom is -0.381 e. The van der Waals surface area contributed by atoms with Crippen molar-refractivity contribution in [2.24, 2.45) is 13.0 Å². The maximum absolute atomic E-state index is 5.06. The summed E-state index contributed by atoms with van der Waals surface area (Å²) in [6.07, 6.45) is 0. The zero-order valence-electron chi connectivity index (χ0n) is 6.80. The quantitative estimate of drug-likeness (QED) is 0.619. The van der Waals surface area contributed by atoms with Crippen LogP contribution in [0.4, 0.5) is 0 Å². The molecule has 2 rings (SSSR count). The molecule has 2 heterocycles. The van der Waals surface area contributed by atoms with Gasteiger partial charge in [-0.3, -0.25) is 0 Å². The minimum absolute atomic E-state index is 0.687. The van der Waals surface area contributed by atoms with Crippen LogP contribution in [-0.4, -0.2) is 39.2 Å². The lowest BCUT2D eigenvalue weighted by atomic mass is 10.1. The molecule has 0 spiro atoms. The summed E-state index contributed by atoms with van der Waals surface area (Å²) in [6, 6.07) is 0. The number of aromatic nitrogens is 4. The first-order chi connectivity index (χ1) is 5.86. The van der Waals surface area contributed by atoms with Gasteiger partial charge >= 0.3 is 0 Å². The largest absolute Gasteiger partial charge is 0.381 e. The minimum atomic E-state index is 0.687. The Morgan fingerprint density at radius 1 is 1.67 bits per heavy atom. The highest BCUT2D eigenvalue weighted by Gasteiger charge is 2.19. The normalized spacial score (nSPS) is 17.8.